The SMILES string of the molecule is [2H]c1c([2H])c([2H])c2c(c1[2H])-c1c([2H])c([2H])c(-c3ccc4c(c3)-c3c([2H])c([2H])c([2H])c5c([2H])c([2H])c([2H])c(c35)O4)c([2H])c1C21c2c([2H])c([2H])c([2H])c([2H])c2-c2c1c([2H])c([2H])c1c([2H])c([2H])c([2H])c([2H])c21. The maximum atomic E-state index is 10.3. The summed E-state index contributed by atoms with van der Waals surface area (Å²) >= 11 is 0. The molecule has 0 aromatic heterocycles. The number of rotatable bonds is 1. The standard InChI is InChI=1S/C45H26O/c1-2-12-31-27(9-1)20-23-39-44(31)35-14-4-6-17-38(35)45(39)37-16-5-3-13-32(37)33-22-19-30(26-40(33)45)29-21-24-41-36(25-29)34-15-7-10-28-11-8-18-42(46-41)43(28)34/h1-26H/i1D,2D,3D,4D,5D,6D,7D,8D,9D,10D,11D,12D,13D,14D,15D,16D,17D,18D,19D,20D,22D,23D,26D. The van der Waals surface area contributed by atoms with Crippen molar-refractivity contribution in [2.75, 3.05) is 0 Å². The van der Waals surface area contributed by atoms with Crippen LogP contribution < -0.4 is 4.74 Å². The first-order chi connectivity index (χ1) is 32.4. The molecule has 1 spiro atoms. The van der Waals surface area contributed by atoms with Crippen molar-refractivity contribution in [3.63, 3.8) is 0 Å². The molecule has 0 bridgehead atoms. The largest absolute Gasteiger partial charge is 0.456 e. The number of ether oxygens (including phenoxy) is 1. The van der Waals surface area contributed by atoms with Gasteiger partial charge in [-0.1, -0.05) is 133 Å². The highest BCUT2D eigenvalue weighted by atomic mass is 16.5. The molecule has 1 heterocycles. The summed E-state index contributed by atoms with van der Waals surface area (Å²) in [4.78, 5) is 0. The lowest BCUT2D eigenvalue weighted by Gasteiger charge is -2.31. The maximum absolute atomic E-state index is 10.3. The average Bonchev–Trinajstić information content (AvgIpc) is 3.81. The van der Waals surface area contributed by atoms with Crippen LogP contribution in [0.25, 0.3) is 66.1 Å². The number of hydrogen-bond donors (Lipinski definition) is 0. The van der Waals surface area contributed by atoms with Gasteiger partial charge in [0, 0.05) is 10.9 Å². The van der Waals surface area contributed by atoms with Crippen molar-refractivity contribution in [2.24, 2.45) is 0 Å². The van der Waals surface area contributed by atoms with Gasteiger partial charge < -0.3 is 4.74 Å². The third-order valence-electron chi connectivity index (χ3n) is 8.90. The molecule has 1 atom stereocenters. The maximum Gasteiger partial charge on any atom is 0.135 e. The lowest BCUT2D eigenvalue weighted by Crippen LogP contribution is -2.25. The summed E-state index contributed by atoms with van der Waals surface area (Å²) in [6, 6.07) is -12.9. The van der Waals surface area contributed by atoms with Crippen LogP contribution in [0.15, 0.2) is 157 Å². The Kier molecular flexibility index (Phi) is 2.15. The van der Waals surface area contributed by atoms with Gasteiger partial charge in [0.15, 0.2) is 0 Å². The van der Waals surface area contributed by atoms with Crippen LogP contribution >= 0.6 is 0 Å². The summed E-state index contributed by atoms with van der Waals surface area (Å²) in [6.07, 6.45) is 0. The number of benzene rings is 8. The monoisotopic (exact) mass is 605 g/mol. The van der Waals surface area contributed by atoms with Gasteiger partial charge in [0.1, 0.15) is 11.5 Å². The molecule has 1 unspecified atom stereocenters. The zero-order chi connectivity index (χ0) is 50.0. The van der Waals surface area contributed by atoms with Gasteiger partial charge in [-0.05, 0) is 102 Å². The van der Waals surface area contributed by atoms with Gasteiger partial charge in [0.25, 0.3) is 0 Å². The second-order valence-corrected chi connectivity index (χ2v) is 11.0. The van der Waals surface area contributed by atoms with E-state index in [1.807, 2.05) is 0 Å². The van der Waals surface area contributed by atoms with E-state index in [4.69, 9.17) is 22.6 Å². The van der Waals surface area contributed by atoms with Crippen molar-refractivity contribution >= 4 is 21.5 Å². The van der Waals surface area contributed by atoms with E-state index in [1.165, 1.54) is 18.2 Å². The van der Waals surface area contributed by atoms with Crippen molar-refractivity contribution in [1.29, 1.82) is 0 Å². The molecule has 1 nitrogen and oxygen atoms in total. The Morgan fingerprint density at radius 3 is 2.09 bits per heavy atom. The zero-order valence-corrected chi connectivity index (χ0v) is 23.1. The van der Waals surface area contributed by atoms with Crippen molar-refractivity contribution in [2.45, 2.75) is 5.41 Å². The molecule has 8 aromatic rings. The second-order valence-electron chi connectivity index (χ2n) is 11.0. The molecule has 2 aliphatic carbocycles. The van der Waals surface area contributed by atoms with Crippen molar-refractivity contribution in [3.05, 3.63) is 179 Å². The van der Waals surface area contributed by atoms with Crippen LogP contribution in [0.4, 0.5) is 0 Å². The third-order valence-corrected chi connectivity index (χ3v) is 8.90. The van der Waals surface area contributed by atoms with Crippen LogP contribution in [0.2, 0.25) is 0 Å². The molecule has 1 heteroatoms. The van der Waals surface area contributed by atoms with E-state index >= 15 is 0 Å². The normalized spacial score (nSPS) is 23.1. The highest BCUT2D eigenvalue weighted by Gasteiger charge is 2.52. The van der Waals surface area contributed by atoms with Gasteiger partial charge >= 0.3 is 0 Å². The quantitative estimate of drug-likeness (QED) is 0.181. The molecular weight excluding hydrogens is 556 g/mol. The molecule has 0 saturated heterocycles. The molecule has 11 rings (SSSR count). The number of hydrogen-bond acceptors (Lipinski definition) is 1. The lowest BCUT2D eigenvalue weighted by molar-refractivity contribution is 0.487. The Morgan fingerprint density at radius 2 is 1.17 bits per heavy atom. The fourth-order valence-corrected chi connectivity index (χ4v) is 7.07. The molecule has 0 amide bonds. The van der Waals surface area contributed by atoms with E-state index < -0.39 is 200 Å². The average molecular weight is 606 g/mol. The topological polar surface area (TPSA) is 9.23 Å². The minimum absolute atomic E-state index is 0.0158. The molecule has 0 saturated carbocycles. The van der Waals surface area contributed by atoms with E-state index in [1.54, 1.807) is 0 Å². The summed E-state index contributed by atoms with van der Waals surface area (Å²) in [5.41, 5.74) is -6.88. The Labute approximate surface area is 299 Å². The van der Waals surface area contributed by atoms with Crippen LogP contribution in [0.3, 0.4) is 0 Å². The van der Waals surface area contributed by atoms with Gasteiger partial charge in [0.05, 0.1) is 36.9 Å². The summed E-state index contributed by atoms with van der Waals surface area (Å²) in [5.74, 6) is -0.286. The first-order valence-electron chi connectivity index (χ1n) is 25.6. The Morgan fingerprint density at radius 1 is 0.457 bits per heavy atom. The second kappa shape index (κ2) is 8.62. The van der Waals surface area contributed by atoms with E-state index in [9.17, 15) is 13.7 Å². The van der Waals surface area contributed by atoms with E-state index in [2.05, 4.69) is 0 Å². The van der Waals surface area contributed by atoms with Crippen molar-refractivity contribution in [3.8, 4) is 56.0 Å². The van der Waals surface area contributed by atoms with Crippen LogP contribution in [0, 0.1) is 0 Å². The highest BCUT2D eigenvalue weighted by Crippen LogP contribution is 2.64. The first kappa shape index (κ1) is 11.5. The molecule has 0 fully saturated rings. The first-order valence-corrected chi connectivity index (χ1v) is 14.1. The minimum atomic E-state index is -2.65. The third kappa shape index (κ3) is 2.91. The number of fused-ring (bicyclic) bond motifs is 14. The van der Waals surface area contributed by atoms with E-state index in [-0.39, 0.29) is 44.5 Å². The Balaban J connectivity index is 1.37. The van der Waals surface area contributed by atoms with Crippen LogP contribution in [0.1, 0.15) is 53.8 Å². The minimum Gasteiger partial charge on any atom is -0.456 e. The summed E-state index contributed by atoms with van der Waals surface area (Å²) in [5, 5.41) is -1.27. The van der Waals surface area contributed by atoms with Crippen LogP contribution in [-0.4, -0.2) is 0 Å². The predicted octanol–water partition coefficient (Wildman–Crippen LogP) is 11.8. The van der Waals surface area contributed by atoms with Gasteiger partial charge in [-0.25, -0.2) is 0 Å². The van der Waals surface area contributed by atoms with Gasteiger partial charge in [-0.15, -0.1) is 0 Å². The van der Waals surface area contributed by atoms with Gasteiger partial charge in [-0.3, -0.25) is 0 Å². The summed E-state index contributed by atoms with van der Waals surface area (Å²) in [6.45, 7) is 0. The molecule has 0 N–H and O–H groups in total. The molecule has 212 valence electrons. The van der Waals surface area contributed by atoms with Gasteiger partial charge in [-0.2, -0.15) is 0 Å². The zero-order valence-electron chi connectivity index (χ0n) is 46.1. The fourth-order valence-electron chi connectivity index (χ4n) is 7.07. The van der Waals surface area contributed by atoms with Crippen molar-refractivity contribution in [1.82, 2.24) is 0 Å². The smallest absolute Gasteiger partial charge is 0.135 e. The summed E-state index contributed by atoms with van der Waals surface area (Å²) in [7, 11) is 0. The molecule has 3 aliphatic rings. The summed E-state index contributed by atoms with van der Waals surface area (Å²) < 4.78 is 215. The van der Waals surface area contributed by atoms with Crippen LogP contribution in [0.5, 0.6) is 11.5 Å². The molecule has 46 heavy (non-hydrogen) atoms. The van der Waals surface area contributed by atoms with Crippen LogP contribution in [-0.2, 0) is 5.41 Å². The Hall–Kier alpha value is -5.92. The van der Waals surface area contributed by atoms with E-state index in [0.29, 0.717) is 0 Å². The van der Waals surface area contributed by atoms with Gasteiger partial charge in [0.2, 0.25) is 0 Å². The molecule has 0 radical (unpaired) electrons. The van der Waals surface area contributed by atoms with E-state index in [0.717, 1.165) is 0 Å². The predicted molar refractivity (Wildman–Crippen MR) is 189 cm³/mol. The molecule has 1 aliphatic heterocycles. The van der Waals surface area contributed by atoms with Crippen molar-refractivity contribution < 1.29 is 36.3 Å². The molecule has 8 aromatic carbocycles. The molecular formula is C45H26O. The highest BCUT2D eigenvalue weighted by molar-refractivity contribution is 6.07. The fraction of sp³-hybridized carbons (Fsp3) is 0.0222. The lowest BCUT2D eigenvalue weighted by atomic mass is 9.70. The Bertz CT molecular complexity index is 3910.